The standard InChI is InChI=1S/C18H12F2N4OS/c19-13-4-1-5-15(18(13)20)26-10-12-7-17(25)24-16(22-12)8-14(23-24)11-3-2-6-21-9-11/h1-9,25H,10H2. The fraction of sp³-hybridized carbons (Fsp3) is 0.0556. The minimum Gasteiger partial charge on any atom is -0.493 e. The number of pyridine rings is 1. The molecule has 0 fully saturated rings. The van der Waals surface area contributed by atoms with E-state index in [1.54, 1.807) is 24.5 Å². The fourth-order valence-corrected chi connectivity index (χ4v) is 3.34. The zero-order valence-electron chi connectivity index (χ0n) is 13.3. The van der Waals surface area contributed by atoms with Crippen molar-refractivity contribution in [1.29, 1.82) is 0 Å². The summed E-state index contributed by atoms with van der Waals surface area (Å²) >= 11 is 1.11. The van der Waals surface area contributed by atoms with Crippen LogP contribution in [0.25, 0.3) is 16.9 Å². The predicted octanol–water partition coefficient (Wildman–Crippen LogP) is 4.07. The topological polar surface area (TPSA) is 63.3 Å². The normalized spacial score (nSPS) is 11.2. The van der Waals surface area contributed by atoms with Crippen molar-refractivity contribution in [2.24, 2.45) is 0 Å². The van der Waals surface area contributed by atoms with Crippen LogP contribution in [0.5, 0.6) is 5.88 Å². The van der Waals surface area contributed by atoms with Crippen LogP contribution < -0.4 is 0 Å². The van der Waals surface area contributed by atoms with Crippen molar-refractivity contribution in [2.75, 3.05) is 0 Å². The van der Waals surface area contributed by atoms with Gasteiger partial charge in [-0.05, 0) is 24.3 Å². The van der Waals surface area contributed by atoms with E-state index in [-0.39, 0.29) is 16.5 Å². The van der Waals surface area contributed by atoms with Crippen LogP contribution >= 0.6 is 11.8 Å². The Kier molecular flexibility index (Phi) is 4.26. The van der Waals surface area contributed by atoms with Crippen LogP contribution in [-0.2, 0) is 5.75 Å². The number of aromatic nitrogens is 4. The highest BCUT2D eigenvalue weighted by atomic mass is 32.2. The van der Waals surface area contributed by atoms with Crippen molar-refractivity contribution < 1.29 is 13.9 Å². The summed E-state index contributed by atoms with van der Waals surface area (Å²) in [6.45, 7) is 0. The third-order valence-electron chi connectivity index (χ3n) is 3.71. The molecule has 0 aliphatic heterocycles. The molecule has 0 amide bonds. The van der Waals surface area contributed by atoms with Crippen LogP contribution in [0.1, 0.15) is 5.69 Å². The average molecular weight is 370 g/mol. The zero-order chi connectivity index (χ0) is 18.1. The molecule has 0 bridgehead atoms. The molecule has 26 heavy (non-hydrogen) atoms. The Morgan fingerprint density at radius 3 is 2.81 bits per heavy atom. The second kappa shape index (κ2) is 6.72. The van der Waals surface area contributed by atoms with Gasteiger partial charge in [-0.3, -0.25) is 4.98 Å². The Labute approximate surface area is 151 Å². The van der Waals surface area contributed by atoms with Gasteiger partial charge in [0, 0.05) is 40.7 Å². The lowest BCUT2D eigenvalue weighted by Gasteiger charge is -2.05. The second-order valence-corrected chi connectivity index (χ2v) is 6.50. The summed E-state index contributed by atoms with van der Waals surface area (Å²) in [5, 5.41) is 14.5. The van der Waals surface area contributed by atoms with E-state index in [1.165, 1.54) is 22.7 Å². The summed E-state index contributed by atoms with van der Waals surface area (Å²) in [5.41, 5.74) is 2.41. The van der Waals surface area contributed by atoms with Gasteiger partial charge in [0.1, 0.15) is 0 Å². The summed E-state index contributed by atoms with van der Waals surface area (Å²) in [4.78, 5) is 8.67. The number of nitrogens with zero attached hydrogens (tertiary/aromatic N) is 4. The molecule has 5 nitrogen and oxygen atoms in total. The summed E-state index contributed by atoms with van der Waals surface area (Å²) < 4.78 is 28.3. The monoisotopic (exact) mass is 370 g/mol. The van der Waals surface area contributed by atoms with Crippen molar-refractivity contribution in [3.05, 3.63) is 72.2 Å². The summed E-state index contributed by atoms with van der Waals surface area (Å²) in [7, 11) is 0. The summed E-state index contributed by atoms with van der Waals surface area (Å²) in [6.07, 6.45) is 3.33. The van der Waals surface area contributed by atoms with Gasteiger partial charge in [0.15, 0.2) is 17.3 Å². The maximum atomic E-state index is 13.7. The SMILES string of the molecule is Oc1cc(CSc2cccc(F)c2F)nc2cc(-c3cccnc3)nn12. The maximum absolute atomic E-state index is 13.7. The first kappa shape index (κ1) is 16.5. The predicted molar refractivity (Wildman–Crippen MR) is 93.8 cm³/mol. The number of hydrogen-bond acceptors (Lipinski definition) is 5. The van der Waals surface area contributed by atoms with E-state index >= 15 is 0 Å². The van der Waals surface area contributed by atoms with Gasteiger partial charge in [-0.2, -0.15) is 9.61 Å². The lowest BCUT2D eigenvalue weighted by Crippen LogP contribution is -1.96. The first-order valence-electron chi connectivity index (χ1n) is 7.68. The molecule has 0 spiro atoms. The van der Waals surface area contributed by atoms with E-state index in [4.69, 9.17) is 0 Å². The molecule has 4 rings (SSSR count). The van der Waals surface area contributed by atoms with Gasteiger partial charge >= 0.3 is 0 Å². The molecule has 130 valence electrons. The minimum atomic E-state index is -0.891. The Balaban J connectivity index is 1.63. The van der Waals surface area contributed by atoms with Crippen LogP contribution in [0.2, 0.25) is 0 Å². The molecule has 0 aliphatic carbocycles. The van der Waals surface area contributed by atoms with E-state index < -0.39 is 11.6 Å². The molecule has 0 radical (unpaired) electrons. The molecule has 0 atom stereocenters. The molecule has 0 aliphatic rings. The lowest BCUT2D eigenvalue weighted by atomic mass is 10.2. The Bertz CT molecular complexity index is 1090. The van der Waals surface area contributed by atoms with Crippen molar-refractivity contribution in [2.45, 2.75) is 10.6 Å². The van der Waals surface area contributed by atoms with Crippen LogP contribution in [0, 0.1) is 11.6 Å². The van der Waals surface area contributed by atoms with Crippen LogP contribution in [-0.4, -0.2) is 24.7 Å². The first-order valence-corrected chi connectivity index (χ1v) is 8.66. The summed E-state index contributed by atoms with van der Waals surface area (Å²) in [6, 6.07) is 10.9. The molecule has 0 saturated carbocycles. The molecule has 3 heterocycles. The van der Waals surface area contributed by atoms with Crippen molar-refractivity contribution in [3.63, 3.8) is 0 Å². The number of fused-ring (bicyclic) bond motifs is 1. The highest BCUT2D eigenvalue weighted by molar-refractivity contribution is 7.98. The quantitative estimate of drug-likeness (QED) is 0.549. The molecular weight excluding hydrogens is 358 g/mol. The van der Waals surface area contributed by atoms with Crippen LogP contribution in [0.4, 0.5) is 8.78 Å². The van der Waals surface area contributed by atoms with Crippen molar-refractivity contribution in [1.82, 2.24) is 19.6 Å². The van der Waals surface area contributed by atoms with Gasteiger partial charge in [-0.1, -0.05) is 6.07 Å². The molecule has 0 saturated heterocycles. The highest BCUT2D eigenvalue weighted by Gasteiger charge is 2.12. The Morgan fingerprint density at radius 2 is 2.00 bits per heavy atom. The van der Waals surface area contributed by atoms with E-state index in [1.807, 2.05) is 6.07 Å². The molecule has 1 aromatic carbocycles. The third-order valence-corrected chi connectivity index (χ3v) is 4.78. The van der Waals surface area contributed by atoms with Gasteiger partial charge in [0.25, 0.3) is 0 Å². The number of halogens is 2. The fourth-order valence-electron chi connectivity index (χ4n) is 2.49. The molecular formula is C18H12F2N4OS. The lowest BCUT2D eigenvalue weighted by molar-refractivity contribution is 0.434. The number of thioether (sulfide) groups is 1. The zero-order valence-corrected chi connectivity index (χ0v) is 14.1. The van der Waals surface area contributed by atoms with Crippen molar-refractivity contribution in [3.8, 4) is 17.1 Å². The molecule has 0 unspecified atom stereocenters. The second-order valence-electron chi connectivity index (χ2n) is 5.49. The van der Waals surface area contributed by atoms with E-state index in [0.717, 1.165) is 23.4 Å². The van der Waals surface area contributed by atoms with Crippen molar-refractivity contribution >= 4 is 17.4 Å². The first-order chi connectivity index (χ1) is 12.6. The maximum Gasteiger partial charge on any atom is 0.215 e. The number of benzene rings is 1. The Morgan fingerprint density at radius 1 is 1.12 bits per heavy atom. The molecule has 4 aromatic rings. The number of aromatic hydroxyl groups is 1. The van der Waals surface area contributed by atoms with Gasteiger partial charge in [0.2, 0.25) is 5.88 Å². The van der Waals surface area contributed by atoms with Crippen LogP contribution in [0.15, 0.2) is 59.8 Å². The minimum absolute atomic E-state index is 0.0829. The smallest absolute Gasteiger partial charge is 0.215 e. The third kappa shape index (κ3) is 3.11. The summed E-state index contributed by atoms with van der Waals surface area (Å²) in [5.74, 6) is -1.58. The molecule has 8 heteroatoms. The van der Waals surface area contributed by atoms with Gasteiger partial charge in [-0.15, -0.1) is 11.8 Å². The van der Waals surface area contributed by atoms with Gasteiger partial charge < -0.3 is 5.11 Å². The highest BCUT2D eigenvalue weighted by Crippen LogP contribution is 2.28. The molecule has 1 N–H and O–H groups in total. The van der Waals surface area contributed by atoms with E-state index in [9.17, 15) is 13.9 Å². The van der Waals surface area contributed by atoms with E-state index in [2.05, 4.69) is 15.1 Å². The largest absolute Gasteiger partial charge is 0.493 e. The Hall–Kier alpha value is -3.00. The molecule has 3 aromatic heterocycles. The number of rotatable bonds is 4. The van der Waals surface area contributed by atoms with Gasteiger partial charge in [-0.25, -0.2) is 13.8 Å². The van der Waals surface area contributed by atoms with Crippen LogP contribution in [0.3, 0.4) is 0 Å². The number of hydrogen-bond donors (Lipinski definition) is 1. The van der Waals surface area contributed by atoms with Gasteiger partial charge in [0.05, 0.1) is 11.4 Å². The average Bonchev–Trinajstić information content (AvgIpc) is 3.08. The van der Waals surface area contributed by atoms with E-state index in [0.29, 0.717) is 17.0 Å².